The summed E-state index contributed by atoms with van der Waals surface area (Å²) in [5.41, 5.74) is 1.20. The van der Waals surface area contributed by atoms with Gasteiger partial charge in [-0.05, 0) is 13.3 Å². The highest BCUT2D eigenvalue weighted by Gasteiger charge is 2.22. The standard InChI is InChI=1S/C10H18N2O4S/c1-7-9(10(16-3)12(2)11-7)8(13)5-6-17(4,14)15/h8,13H,5-6H2,1-4H3. The summed E-state index contributed by atoms with van der Waals surface area (Å²) in [5, 5.41) is 14.1. The summed E-state index contributed by atoms with van der Waals surface area (Å²) < 4.78 is 28.8. The lowest BCUT2D eigenvalue weighted by Crippen LogP contribution is -2.09. The third-order valence-electron chi connectivity index (χ3n) is 2.50. The van der Waals surface area contributed by atoms with Crippen molar-refractivity contribution in [3.63, 3.8) is 0 Å². The first-order chi connectivity index (χ1) is 7.76. The maximum atomic E-state index is 11.0. The van der Waals surface area contributed by atoms with E-state index in [2.05, 4.69) is 5.10 Å². The monoisotopic (exact) mass is 262 g/mol. The van der Waals surface area contributed by atoms with E-state index in [-0.39, 0.29) is 12.2 Å². The molecular weight excluding hydrogens is 244 g/mol. The number of hydrogen-bond donors (Lipinski definition) is 1. The fraction of sp³-hybridized carbons (Fsp3) is 0.700. The zero-order valence-electron chi connectivity index (χ0n) is 10.5. The average Bonchev–Trinajstić information content (AvgIpc) is 2.48. The molecule has 0 spiro atoms. The summed E-state index contributed by atoms with van der Waals surface area (Å²) in [7, 11) is 0.115. The molecular formula is C10H18N2O4S. The number of aliphatic hydroxyl groups is 1. The Labute approximate surface area is 101 Å². The predicted octanol–water partition coefficient (Wildman–Crippen LogP) is 0.205. The molecule has 1 rings (SSSR count). The quantitative estimate of drug-likeness (QED) is 0.820. The molecule has 0 saturated heterocycles. The van der Waals surface area contributed by atoms with Crippen molar-refractivity contribution in [1.29, 1.82) is 0 Å². The number of rotatable bonds is 5. The molecule has 1 aromatic heterocycles. The molecule has 0 aliphatic rings. The highest BCUT2D eigenvalue weighted by molar-refractivity contribution is 7.90. The Hall–Kier alpha value is -1.08. The lowest BCUT2D eigenvalue weighted by atomic mass is 10.1. The largest absolute Gasteiger partial charge is 0.481 e. The maximum Gasteiger partial charge on any atom is 0.217 e. The molecule has 0 aliphatic heterocycles. The molecule has 17 heavy (non-hydrogen) atoms. The number of nitrogens with zero attached hydrogens (tertiary/aromatic N) is 2. The van der Waals surface area contributed by atoms with Crippen LogP contribution in [-0.2, 0) is 16.9 Å². The zero-order chi connectivity index (χ0) is 13.2. The van der Waals surface area contributed by atoms with Crippen LogP contribution in [0.1, 0.15) is 23.8 Å². The summed E-state index contributed by atoms with van der Waals surface area (Å²) in [6.45, 7) is 1.75. The van der Waals surface area contributed by atoms with E-state index in [4.69, 9.17) is 4.74 Å². The second kappa shape index (κ2) is 5.05. The van der Waals surface area contributed by atoms with Gasteiger partial charge in [0.15, 0.2) is 0 Å². The minimum Gasteiger partial charge on any atom is -0.481 e. The molecule has 1 aromatic rings. The third-order valence-corrected chi connectivity index (χ3v) is 3.48. The number of hydrogen-bond acceptors (Lipinski definition) is 5. The summed E-state index contributed by atoms with van der Waals surface area (Å²) in [5.74, 6) is 0.398. The smallest absolute Gasteiger partial charge is 0.217 e. The molecule has 7 heteroatoms. The number of aliphatic hydroxyl groups excluding tert-OH is 1. The maximum absolute atomic E-state index is 11.0. The van der Waals surface area contributed by atoms with Crippen molar-refractivity contribution in [1.82, 2.24) is 9.78 Å². The molecule has 1 heterocycles. The normalized spacial score (nSPS) is 13.7. The fourth-order valence-electron chi connectivity index (χ4n) is 1.75. The Bertz CT molecular complexity index is 493. The van der Waals surface area contributed by atoms with Crippen molar-refractivity contribution in [2.24, 2.45) is 7.05 Å². The Morgan fingerprint density at radius 1 is 1.53 bits per heavy atom. The minimum absolute atomic E-state index is 0.0638. The Morgan fingerprint density at radius 3 is 2.59 bits per heavy atom. The lowest BCUT2D eigenvalue weighted by molar-refractivity contribution is 0.168. The van der Waals surface area contributed by atoms with E-state index in [1.54, 1.807) is 14.0 Å². The Kier molecular flexibility index (Phi) is 4.16. The van der Waals surface area contributed by atoms with Gasteiger partial charge in [0.1, 0.15) is 9.84 Å². The van der Waals surface area contributed by atoms with Crippen LogP contribution < -0.4 is 4.74 Å². The molecule has 98 valence electrons. The van der Waals surface area contributed by atoms with Gasteiger partial charge >= 0.3 is 0 Å². The fourth-order valence-corrected chi connectivity index (χ4v) is 2.40. The molecule has 0 saturated carbocycles. The summed E-state index contributed by atoms with van der Waals surface area (Å²) >= 11 is 0. The van der Waals surface area contributed by atoms with Crippen molar-refractivity contribution in [3.8, 4) is 5.88 Å². The van der Waals surface area contributed by atoms with Gasteiger partial charge in [-0.15, -0.1) is 0 Å². The third kappa shape index (κ3) is 3.44. The minimum atomic E-state index is -3.08. The molecule has 0 bridgehead atoms. The number of methoxy groups -OCH3 is 1. The van der Waals surface area contributed by atoms with E-state index in [9.17, 15) is 13.5 Å². The van der Waals surface area contributed by atoms with Gasteiger partial charge in [-0.2, -0.15) is 5.10 Å². The van der Waals surface area contributed by atoms with Crippen molar-refractivity contribution in [3.05, 3.63) is 11.3 Å². The first kappa shape index (κ1) is 14.0. The Morgan fingerprint density at radius 2 is 2.12 bits per heavy atom. The second-order valence-corrected chi connectivity index (χ2v) is 6.33. The van der Waals surface area contributed by atoms with Crippen molar-refractivity contribution in [2.45, 2.75) is 19.4 Å². The van der Waals surface area contributed by atoms with E-state index < -0.39 is 15.9 Å². The van der Waals surface area contributed by atoms with Crippen LogP contribution in [0.5, 0.6) is 5.88 Å². The van der Waals surface area contributed by atoms with E-state index >= 15 is 0 Å². The highest BCUT2D eigenvalue weighted by atomic mass is 32.2. The topological polar surface area (TPSA) is 81.4 Å². The van der Waals surface area contributed by atoms with Gasteiger partial charge in [0.2, 0.25) is 5.88 Å². The van der Waals surface area contributed by atoms with Gasteiger partial charge in [0.05, 0.1) is 30.2 Å². The number of aryl methyl sites for hydroxylation is 2. The molecule has 1 N–H and O–H groups in total. The van der Waals surface area contributed by atoms with Crippen LogP contribution in [0.4, 0.5) is 0 Å². The van der Waals surface area contributed by atoms with Crippen LogP contribution in [0.2, 0.25) is 0 Å². The average molecular weight is 262 g/mol. The summed E-state index contributed by atoms with van der Waals surface area (Å²) in [6.07, 6.45) is 0.405. The second-order valence-electron chi connectivity index (χ2n) is 4.07. The Balaban J connectivity index is 2.92. The molecule has 1 unspecified atom stereocenters. The van der Waals surface area contributed by atoms with Crippen LogP contribution in [0.15, 0.2) is 0 Å². The molecule has 0 amide bonds. The van der Waals surface area contributed by atoms with Crippen molar-refractivity contribution < 1.29 is 18.3 Å². The predicted molar refractivity (Wildman–Crippen MR) is 63.8 cm³/mol. The molecule has 0 aliphatic carbocycles. The van der Waals surface area contributed by atoms with Gasteiger partial charge in [0, 0.05) is 13.3 Å². The van der Waals surface area contributed by atoms with Crippen LogP contribution >= 0.6 is 0 Å². The molecule has 0 aromatic carbocycles. The summed E-state index contributed by atoms with van der Waals surface area (Å²) in [4.78, 5) is 0. The molecule has 0 radical (unpaired) electrons. The first-order valence-corrected chi connectivity index (χ1v) is 7.25. The van der Waals surface area contributed by atoms with Gasteiger partial charge in [-0.1, -0.05) is 0 Å². The van der Waals surface area contributed by atoms with Gasteiger partial charge in [-0.25, -0.2) is 13.1 Å². The van der Waals surface area contributed by atoms with Gasteiger partial charge in [-0.3, -0.25) is 0 Å². The first-order valence-electron chi connectivity index (χ1n) is 5.19. The van der Waals surface area contributed by atoms with Crippen molar-refractivity contribution in [2.75, 3.05) is 19.1 Å². The highest BCUT2D eigenvalue weighted by Crippen LogP contribution is 2.29. The lowest BCUT2D eigenvalue weighted by Gasteiger charge is -2.11. The van der Waals surface area contributed by atoms with Crippen LogP contribution in [-0.4, -0.2) is 42.4 Å². The number of ether oxygens (including phenoxy) is 1. The molecule has 1 atom stereocenters. The van der Waals surface area contributed by atoms with E-state index in [0.717, 1.165) is 6.26 Å². The van der Waals surface area contributed by atoms with Gasteiger partial charge < -0.3 is 9.84 Å². The number of aromatic nitrogens is 2. The number of sulfone groups is 1. The van der Waals surface area contributed by atoms with Crippen LogP contribution in [0.25, 0.3) is 0 Å². The van der Waals surface area contributed by atoms with E-state index in [0.29, 0.717) is 17.1 Å². The summed E-state index contributed by atoms with van der Waals surface area (Å²) in [6, 6.07) is 0. The van der Waals surface area contributed by atoms with Gasteiger partial charge in [0.25, 0.3) is 0 Å². The molecule has 6 nitrogen and oxygen atoms in total. The SMILES string of the molecule is COc1c(C(O)CCS(C)(=O)=O)c(C)nn1C. The molecule has 0 fully saturated rings. The van der Waals surface area contributed by atoms with E-state index in [1.165, 1.54) is 11.8 Å². The van der Waals surface area contributed by atoms with Crippen LogP contribution in [0.3, 0.4) is 0 Å². The zero-order valence-corrected chi connectivity index (χ0v) is 11.3. The van der Waals surface area contributed by atoms with Crippen molar-refractivity contribution >= 4 is 9.84 Å². The van der Waals surface area contributed by atoms with E-state index in [1.807, 2.05) is 0 Å². The van der Waals surface area contributed by atoms with Crippen LogP contribution in [0, 0.1) is 6.92 Å².